The number of aliphatic hydroxyl groups excluding tert-OH is 3. The fraction of sp³-hybridized carbons (Fsp3) is 0.750. The van der Waals surface area contributed by atoms with Gasteiger partial charge in [0.05, 0.1) is 12.7 Å². The van der Waals surface area contributed by atoms with E-state index in [1.54, 1.807) is 0 Å². The van der Waals surface area contributed by atoms with Gasteiger partial charge in [-0.2, -0.15) is 0 Å². The van der Waals surface area contributed by atoms with E-state index in [1.807, 2.05) is 0 Å². The molecule has 7 N–H and O–H groups in total. The summed E-state index contributed by atoms with van der Waals surface area (Å²) in [6.45, 7) is 0.449. The SMILES string of the molecule is CC(O)C(OC(N)=O)C(O)C(CO)OC(N)=O. The molecule has 0 fully saturated rings. The number of aliphatic hydroxyl groups is 3. The molecule has 100 valence electrons. The third kappa shape index (κ3) is 5.33. The van der Waals surface area contributed by atoms with Crippen molar-refractivity contribution < 1.29 is 34.4 Å². The molecule has 0 bridgehead atoms. The molecule has 9 heteroatoms. The van der Waals surface area contributed by atoms with Gasteiger partial charge >= 0.3 is 12.2 Å². The van der Waals surface area contributed by atoms with Crippen molar-refractivity contribution in [2.45, 2.75) is 31.3 Å². The van der Waals surface area contributed by atoms with Gasteiger partial charge in [-0.1, -0.05) is 0 Å². The first-order valence-electron chi connectivity index (χ1n) is 4.68. The molecule has 0 aromatic carbocycles. The Morgan fingerprint density at radius 1 is 1.18 bits per heavy atom. The lowest BCUT2D eigenvalue weighted by Crippen LogP contribution is -2.50. The molecule has 4 unspecified atom stereocenters. The molecule has 0 spiro atoms. The normalized spacial score (nSPS) is 17.6. The van der Waals surface area contributed by atoms with Crippen molar-refractivity contribution in [2.75, 3.05) is 6.61 Å². The van der Waals surface area contributed by atoms with E-state index < -0.39 is 43.2 Å². The van der Waals surface area contributed by atoms with E-state index >= 15 is 0 Å². The summed E-state index contributed by atoms with van der Waals surface area (Å²) in [7, 11) is 0. The van der Waals surface area contributed by atoms with Gasteiger partial charge in [-0.15, -0.1) is 0 Å². The van der Waals surface area contributed by atoms with Crippen molar-refractivity contribution in [1.82, 2.24) is 0 Å². The topological polar surface area (TPSA) is 165 Å². The molecular weight excluding hydrogens is 236 g/mol. The van der Waals surface area contributed by atoms with E-state index in [0.29, 0.717) is 0 Å². The molecule has 0 aromatic rings. The second-order valence-electron chi connectivity index (χ2n) is 3.29. The highest BCUT2D eigenvalue weighted by atomic mass is 16.6. The first-order valence-corrected chi connectivity index (χ1v) is 4.68. The summed E-state index contributed by atoms with van der Waals surface area (Å²) in [5.74, 6) is 0. The second kappa shape index (κ2) is 6.89. The molecule has 2 amide bonds. The van der Waals surface area contributed by atoms with Crippen LogP contribution in [0, 0.1) is 0 Å². The maximum absolute atomic E-state index is 10.5. The van der Waals surface area contributed by atoms with Crippen LogP contribution in [-0.2, 0) is 9.47 Å². The number of amides is 2. The van der Waals surface area contributed by atoms with Crippen LogP contribution in [0.25, 0.3) is 0 Å². The van der Waals surface area contributed by atoms with Crippen molar-refractivity contribution in [3.8, 4) is 0 Å². The van der Waals surface area contributed by atoms with Crippen molar-refractivity contribution >= 4 is 12.2 Å². The van der Waals surface area contributed by atoms with Crippen LogP contribution in [0.3, 0.4) is 0 Å². The van der Waals surface area contributed by atoms with Crippen molar-refractivity contribution in [1.29, 1.82) is 0 Å². The third-order valence-electron chi connectivity index (χ3n) is 1.89. The van der Waals surface area contributed by atoms with Gasteiger partial charge in [0.25, 0.3) is 0 Å². The minimum Gasteiger partial charge on any atom is -0.441 e. The molecule has 0 rings (SSSR count). The van der Waals surface area contributed by atoms with Gasteiger partial charge in [0.1, 0.15) is 6.10 Å². The summed E-state index contributed by atoms with van der Waals surface area (Å²) in [6, 6.07) is 0. The first-order chi connectivity index (χ1) is 7.79. The zero-order chi connectivity index (χ0) is 13.6. The van der Waals surface area contributed by atoms with E-state index in [0.717, 1.165) is 0 Å². The molecule has 0 aliphatic heterocycles. The van der Waals surface area contributed by atoms with E-state index in [2.05, 4.69) is 9.47 Å². The summed E-state index contributed by atoms with van der Waals surface area (Å²) < 4.78 is 8.80. The maximum atomic E-state index is 10.5. The standard InChI is InChI=1S/C8H16N2O7/c1-3(12)6(17-8(10)15)5(13)4(2-11)16-7(9)14/h3-6,11-13H,2H2,1H3,(H2,9,14)(H2,10,15). The van der Waals surface area contributed by atoms with Crippen LogP contribution in [0.15, 0.2) is 0 Å². The molecule has 17 heavy (non-hydrogen) atoms. The van der Waals surface area contributed by atoms with Gasteiger partial charge in [-0.3, -0.25) is 0 Å². The fourth-order valence-corrected chi connectivity index (χ4v) is 1.16. The lowest BCUT2D eigenvalue weighted by atomic mass is 10.0. The number of ether oxygens (including phenoxy) is 2. The number of rotatable bonds is 6. The molecule has 0 saturated carbocycles. The van der Waals surface area contributed by atoms with Crippen LogP contribution in [-0.4, -0.2) is 58.5 Å². The van der Waals surface area contributed by atoms with Crippen LogP contribution in [0.1, 0.15) is 6.92 Å². The Kier molecular flexibility index (Phi) is 6.25. The molecule has 0 saturated heterocycles. The predicted octanol–water partition coefficient (Wildman–Crippen LogP) is -2.35. The van der Waals surface area contributed by atoms with Crippen LogP contribution < -0.4 is 11.5 Å². The quantitative estimate of drug-likeness (QED) is 0.353. The van der Waals surface area contributed by atoms with Crippen LogP contribution in [0.5, 0.6) is 0 Å². The highest BCUT2D eigenvalue weighted by Gasteiger charge is 2.35. The summed E-state index contributed by atoms with van der Waals surface area (Å²) in [5, 5.41) is 27.8. The number of hydrogen-bond acceptors (Lipinski definition) is 7. The lowest BCUT2D eigenvalue weighted by molar-refractivity contribution is -0.112. The van der Waals surface area contributed by atoms with Gasteiger partial charge < -0.3 is 36.3 Å². The summed E-state index contributed by atoms with van der Waals surface area (Å²) in [4.78, 5) is 21.0. The average molecular weight is 252 g/mol. The third-order valence-corrected chi connectivity index (χ3v) is 1.89. The molecule has 4 atom stereocenters. The van der Waals surface area contributed by atoms with Crippen molar-refractivity contribution in [3.05, 3.63) is 0 Å². The van der Waals surface area contributed by atoms with E-state index in [4.69, 9.17) is 16.6 Å². The van der Waals surface area contributed by atoms with E-state index in [1.165, 1.54) is 6.92 Å². The zero-order valence-corrected chi connectivity index (χ0v) is 9.15. The summed E-state index contributed by atoms with van der Waals surface area (Å²) in [6.07, 6.45) is -8.31. The minimum absolute atomic E-state index is 0.768. The molecule has 0 aliphatic carbocycles. The maximum Gasteiger partial charge on any atom is 0.404 e. The zero-order valence-electron chi connectivity index (χ0n) is 9.15. The Labute approximate surface area is 96.9 Å². The van der Waals surface area contributed by atoms with Crippen molar-refractivity contribution in [3.63, 3.8) is 0 Å². The molecule has 9 nitrogen and oxygen atoms in total. The van der Waals surface area contributed by atoms with E-state index in [-0.39, 0.29) is 0 Å². The highest BCUT2D eigenvalue weighted by Crippen LogP contribution is 2.12. The van der Waals surface area contributed by atoms with Gasteiger partial charge in [0.2, 0.25) is 0 Å². The second-order valence-corrected chi connectivity index (χ2v) is 3.29. The van der Waals surface area contributed by atoms with Gasteiger partial charge in [-0.25, -0.2) is 9.59 Å². The number of hydrogen-bond donors (Lipinski definition) is 5. The highest BCUT2D eigenvalue weighted by molar-refractivity contribution is 5.65. The Bertz CT molecular complexity index is 271. The van der Waals surface area contributed by atoms with Gasteiger partial charge in [0.15, 0.2) is 12.2 Å². The fourth-order valence-electron chi connectivity index (χ4n) is 1.16. The van der Waals surface area contributed by atoms with Crippen LogP contribution >= 0.6 is 0 Å². The first kappa shape index (κ1) is 15.4. The Balaban J connectivity index is 4.71. The molecule has 0 radical (unpaired) electrons. The van der Waals surface area contributed by atoms with Crippen molar-refractivity contribution in [2.24, 2.45) is 11.5 Å². The number of carbonyl (C=O) groups excluding carboxylic acids is 2. The number of nitrogens with two attached hydrogens (primary N) is 2. The molecule has 0 heterocycles. The largest absolute Gasteiger partial charge is 0.441 e. The lowest BCUT2D eigenvalue weighted by Gasteiger charge is -2.28. The summed E-state index contributed by atoms with van der Waals surface area (Å²) >= 11 is 0. The average Bonchev–Trinajstić information content (AvgIpc) is 2.20. The molecular formula is C8H16N2O7. The molecule has 0 aromatic heterocycles. The monoisotopic (exact) mass is 252 g/mol. The Morgan fingerprint density at radius 3 is 1.94 bits per heavy atom. The van der Waals surface area contributed by atoms with Gasteiger partial charge in [-0.05, 0) is 6.92 Å². The predicted molar refractivity (Wildman–Crippen MR) is 53.7 cm³/mol. The Morgan fingerprint density at radius 2 is 1.65 bits per heavy atom. The molecule has 0 aliphatic rings. The van der Waals surface area contributed by atoms with Crippen LogP contribution in [0.2, 0.25) is 0 Å². The summed E-state index contributed by atoms with van der Waals surface area (Å²) in [5.41, 5.74) is 9.44. The number of carbonyl (C=O) groups is 2. The van der Waals surface area contributed by atoms with Gasteiger partial charge in [0, 0.05) is 0 Å². The smallest absolute Gasteiger partial charge is 0.404 e. The Hall–Kier alpha value is -1.58. The van der Waals surface area contributed by atoms with Crippen LogP contribution in [0.4, 0.5) is 9.59 Å². The van der Waals surface area contributed by atoms with E-state index in [9.17, 15) is 19.8 Å². The minimum atomic E-state index is -1.67. The number of primary amides is 2.